The highest BCUT2D eigenvalue weighted by Gasteiger charge is 2.38. The van der Waals surface area contributed by atoms with Gasteiger partial charge >= 0.3 is 11.9 Å². The Bertz CT molecular complexity index is 1840. The minimum Gasteiger partial charge on any atom is -0.481 e. The first-order valence-electron chi connectivity index (χ1n) is 24.0. The first-order chi connectivity index (χ1) is 32.9. The van der Waals surface area contributed by atoms with Crippen molar-refractivity contribution >= 4 is 76.9 Å². The molecule has 0 aliphatic rings. The fraction of sp³-hybridized carbons (Fsp3) is 0.761. The van der Waals surface area contributed by atoms with Gasteiger partial charge in [-0.05, 0) is 67.8 Å². The number of carbonyl (C=O) groups excluding carboxylic acids is 9. The summed E-state index contributed by atoms with van der Waals surface area (Å²) in [5.41, 5.74) is 10.9. The highest BCUT2D eigenvalue weighted by atomic mass is 32.2. The Morgan fingerprint density at radius 3 is 1.27 bits per heavy atom. The molecule has 15 N–H and O–H groups in total. The number of nitrogens with one attached hydrogen (secondary N) is 8. The Kier molecular flexibility index (Phi) is 29.9. The van der Waals surface area contributed by atoms with Crippen molar-refractivity contribution in [1.29, 1.82) is 0 Å². The number of aliphatic hydroxyl groups excluding tert-OH is 1. The van der Waals surface area contributed by atoms with Crippen molar-refractivity contribution in [3.8, 4) is 0 Å². The standard InChI is InChI=1S/C46H82N10O14S/c1-13-24(9)36(55-39(62)27(15-16-32(59)60)49-40(63)29(19-21(3)4)51-41(64)33(48)26(11)57)45(68)56-37(25(10)14-2)44(67)54-35(23(7)8)43(66)53-34(22(5)6)42(65)50-28(17-18-71-12)38(61)52-30(46(69)70)20-31(47)58/h21-30,33-37,57H,13-20,48H2,1-12H3,(H2,47,58)(H,49,63)(H,50,65)(H,51,64)(H,52,61)(H,53,66)(H,54,67)(H,55,62)(H,56,68)(H,59,60)(H,69,70)/t24-,25-,26+,27-,28-,29-,30-,33-,34-,35-,36-,37-/m0/s1. The predicted molar refractivity (Wildman–Crippen MR) is 264 cm³/mol. The monoisotopic (exact) mass is 1030 g/mol. The fourth-order valence-corrected chi connectivity index (χ4v) is 7.37. The Balaban J connectivity index is 6.62. The molecule has 25 heteroatoms. The van der Waals surface area contributed by atoms with E-state index in [0.29, 0.717) is 18.6 Å². The molecule has 0 unspecified atom stereocenters. The lowest BCUT2D eigenvalue weighted by Gasteiger charge is -2.32. The second-order valence-electron chi connectivity index (χ2n) is 19.1. The third-order valence-corrected chi connectivity index (χ3v) is 12.4. The van der Waals surface area contributed by atoms with E-state index < -0.39 is 169 Å². The second kappa shape index (κ2) is 32.4. The summed E-state index contributed by atoms with van der Waals surface area (Å²) >= 11 is 1.35. The largest absolute Gasteiger partial charge is 0.481 e. The topological polar surface area (TPSA) is 397 Å². The lowest BCUT2D eigenvalue weighted by molar-refractivity contribution is -0.144. The zero-order valence-corrected chi connectivity index (χ0v) is 44.0. The molecule has 0 aromatic heterocycles. The van der Waals surface area contributed by atoms with Gasteiger partial charge in [-0.1, -0.05) is 82.1 Å². The Morgan fingerprint density at radius 1 is 0.507 bits per heavy atom. The third-order valence-electron chi connectivity index (χ3n) is 11.8. The lowest BCUT2D eigenvalue weighted by Crippen LogP contribution is -2.63. The van der Waals surface area contributed by atoms with E-state index in [1.807, 2.05) is 0 Å². The molecule has 0 aliphatic carbocycles. The summed E-state index contributed by atoms with van der Waals surface area (Å²) in [6.45, 7) is 18.2. The van der Waals surface area contributed by atoms with Gasteiger partial charge in [0.15, 0.2) is 0 Å². The van der Waals surface area contributed by atoms with Crippen LogP contribution in [0.25, 0.3) is 0 Å². The van der Waals surface area contributed by atoms with Crippen molar-refractivity contribution < 1.29 is 68.1 Å². The number of thioether (sulfide) groups is 1. The maximum Gasteiger partial charge on any atom is 0.326 e. The predicted octanol–water partition coefficient (Wildman–Crippen LogP) is -1.40. The van der Waals surface area contributed by atoms with Gasteiger partial charge in [-0.2, -0.15) is 11.8 Å². The van der Waals surface area contributed by atoms with Gasteiger partial charge in [0.2, 0.25) is 53.2 Å². The number of nitrogens with two attached hydrogens (primary N) is 2. The average molecular weight is 1030 g/mol. The summed E-state index contributed by atoms with van der Waals surface area (Å²) in [5.74, 6) is -12.5. The van der Waals surface area contributed by atoms with Crippen molar-refractivity contribution in [2.24, 2.45) is 41.1 Å². The maximum atomic E-state index is 14.2. The Morgan fingerprint density at radius 2 is 0.873 bits per heavy atom. The number of carbonyl (C=O) groups is 11. The normalized spacial score (nSPS) is 16.5. The van der Waals surface area contributed by atoms with Crippen LogP contribution in [0.4, 0.5) is 0 Å². The number of amides is 9. The number of carboxylic acids is 2. The van der Waals surface area contributed by atoms with E-state index in [0.717, 1.165) is 0 Å². The summed E-state index contributed by atoms with van der Waals surface area (Å²) in [7, 11) is 0. The summed E-state index contributed by atoms with van der Waals surface area (Å²) in [5, 5.41) is 49.3. The SMILES string of the molecule is CC[C@H](C)[C@H](NC(=O)[C@H](CCC(=O)O)NC(=O)[C@H](CC(C)C)NC(=O)[C@@H](N)[C@@H](C)O)C(=O)N[C@H](C(=O)N[C@H](C(=O)N[C@H](C(=O)N[C@@H](CCSC)C(=O)N[C@@H](CC(N)=O)C(=O)O)C(C)C)C(C)C)[C@@H](C)CC. The third kappa shape index (κ3) is 23.5. The molecule has 24 nitrogen and oxygen atoms in total. The quantitative estimate of drug-likeness (QED) is 0.0353. The van der Waals surface area contributed by atoms with Crippen molar-refractivity contribution in [3.05, 3.63) is 0 Å². The van der Waals surface area contributed by atoms with E-state index in [1.165, 1.54) is 18.7 Å². The van der Waals surface area contributed by atoms with Gasteiger partial charge in [0.1, 0.15) is 54.4 Å². The summed E-state index contributed by atoms with van der Waals surface area (Å²) in [6.07, 6.45) is -0.348. The molecule has 0 bridgehead atoms. The van der Waals surface area contributed by atoms with Crippen LogP contribution in [-0.2, 0) is 52.7 Å². The lowest BCUT2D eigenvalue weighted by atomic mass is 9.93. The summed E-state index contributed by atoms with van der Waals surface area (Å²) in [4.78, 5) is 145. The molecule has 0 aromatic carbocycles. The van der Waals surface area contributed by atoms with Crippen LogP contribution in [0.1, 0.15) is 121 Å². The van der Waals surface area contributed by atoms with Gasteiger partial charge in [-0.25, -0.2) is 4.79 Å². The minimum atomic E-state index is -1.66. The number of rotatable bonds is 34. The summed E-state index contributed by atoms with van der Waals surface area (Å²) < 4.78 is 0. The van der Waals surface area contributed by atoms with Crippen LogP contribution in [0.5, 0.6) is 0 Å². The number of aliphatic carboxylic acids is 2. The van der Waals surface area contributed by atoms with Crippen LogP contribution in [0, 0.1) is 29.6 Å². The number of carboxylic acid groups (broad SMARTS) is 2. The van der Waals surface area contributed by atoms with Crippen LogP contribution >= 0.6 is 11.8 Å². The molecular formula is C46H82N10O14S. The van der Waals surface area contributed by atoms with Gasteiger partial charge in [0.25, 0.3) is 0 Å². The van der Waals surface area contributed by atoms with E-state index in [-0.39, 0.29) is 18.8 Å². The molecule has 0 aliphatic heterocycles. The zero-order valence-electron chi connectivity index (χ0n) is 43.2. The molecule has 71 heavy (non-hydrogen) atoms. The van der Waals surface area contributed by atoms with Crippen LogP contribution < -0.4 is 54.0 Å². The molecule has 0 fully saturated rings. The molecule has 406 valence electrons. The van der Waals surface area contributed by atoms with E-state index in [4.69, 9.17) is 11.5 Å². The van der Waals surface area contributed by atoms with Gasteiger partial charge in [-0.3, -0.25) is 47.9 Å². The molecule has 0 rings (SSSR count). The van der Waals surface area contributed by atoms with E-state index >= 15 is 0 Å². The molecule has 9 amide bonds. The number of aliphatic hydroxyl groups is 1. The summed E-state index contributed by atoms with van der Waals surface area (Å²) in [6, 6.07) is -12.2. The van der Waals surface area contributed by atoms with E-state index in [9.17, 15) is 68.1 Å². The van der Waals surface area contributed by atoms with Crippen molar-refractivity contribution in [1.82, 2.24) is 42.5 Å². The number of hydrogen-bond acceptors (Lipinski definition) is 14. The molecule has 12 atom stereocenters. The minimum absolute atomic E-state index is 0.0547. The molecule has 0 saturated heterocycles. The second-order valence-corrected chi connectivity index (χ2v) is 20.1. The smallest absolute Gasteiger partial charge is 0.326 e. The highest BCUT2D eigenvalue weighted by molar-refractivity contribution is 7.98. The van der Waals surface area contributed by atoms with Crippen molar-refractivity contribution in [3.63, 3.8) is 0 Å². The van der Waals surface area contributed by atoms with E-state index in [2.05, 4.69) is 42.5 Å². The number of hydrogen-bond donors (Lipinski definition) is 13. The first kappa shape index (κ1) is 65.4. The van der Waals surface area contributed by atoms with Crippen LogP contribution in [0.3, 0.4) is 0 Å². The van der Waals surface area contributed by atoms with Crippen LogP contribution in [0.15, 0.2) is 0 Å². The fourth-order valence-electron chi connectivity index (χ4n) is 6.90. The maximum absolute atomic E-state index is 14.2. The van der Waals surface area contributed by atoms with Crippen LogP contribution in [-0.4, -0.2) is 153 Å². The van der Waals surface area contributed by atoms with Gasteiger partial charge < -0.3 is 69.3 Å². The van der Waals surface area contributed by atoms with Gasteiger partial charge in [-0.15, -0.1) is 0 Å². The molecule has 0 aromatic rings. The van der Waals surface area contributed by atoms with Gasteiger partial charge in [0.05, 0.1) is 12.5 Å². The zero-order chi connectivity index (χ0) is 55.0. The van der Waals surface area contributed by atoms with Gasteiger partial charge in [0, 0.05) is 6.42 Å². The molecule has 0 heterocycles. The molecule has 0 saturated carbocycles. The van der Waals surface area contributed by atoms with Crippen molar-refractivity contribution in [2.45, 2.75) is 182 Å². The molecule has 0 spiro atoms. The highest BCUT2D eigenvalue weighted by Crippen LogP contribution is 2.16. The van der Waals surface area contributed by atoms with E-state index in [1.54, 1.807) is 75.5 Å². The Labute approximate surface area is 421 Å². The first-order valence-corrected chi connectivity index (χ1v) is 25.4. The molecule has 0 radical (unpaired) electrons. The average Bonchev–Trinajstić information content (AvgIpc) is 3.28. The number of primary amides is 1. The van der Waals surface area contributed by atoms with Crippen molar-refractivity contribution in [2.75, 3.05) is 12.0 Å². The van der Waals surface area contributed by atoms with Crippen LogP contribution in [0.2, 0.25) is 0 Å². The molecular weight excluding hydrogens is 949 g/mol. The Hall–Kier alpha value is -5.56.